The van der Waals surface area contributed by atoms with Crippen LogP contribution in [-0.4, -0.2) is 35.8 Å². The second-order valence-electron chi connectivity index (χ2n) is 5.20. The van der Waals surface area contributed by atoms with Gasteiger partial charge in [0.1, 0.15) is 0 Å². The Hall–Kier alpha value is -1.06. The molecule has 1 rings (SSSR count). The van der Waals surface area contributed by atoms with Gasteiger partial charge in [0, 0.05) is 19.5 Å². The average molecular weight is 254 g/mol. The third kappa shape index (κ3) is 5.52. The summed E-state index contributed by atoms with van der Waals surface area (Å²) >= 11 is 0. The molecule has 1 aliphatic carbocycles. The lowest BCUT2D eigenvalue weighted by Crippen LogP contribution is -2.44. The van der Waals surface area contributed by atoms with Crippen molar-refractivity contribution in [3.05, 3.63) is 0 Å². The SMILES string of the molecule is CCCCN(CC(=O)NC1CCCCC1)C(C)=O. The molecule has 1 aliphatic rings. The molecule has 0 atom stereocenters. The Morgan fingerprint density at radius 3 is 2.44 bits per heavy atom. The van der Waals surface area contributed by atoms with E-state index in [2.05, 4.69) is 12.2 Å². The van der Waals surface area contributed by atoms with Gasteiger partial charge in [-0.3, -0.25) is 9.59 Å². The highest BCUT2D eigenvalue weighted by Crippen LogP contribution is 2.17. The van der Waals surface area contributed by atoms with Crippen molar-refractivity contribution in [3.8, 4) is 0 Å². The molecule has 18 heavy (non-hydrogen) atoms. The number of amides is 2. The maximum absolute atomic E-state index is 11.9. The summed E-state index contributed by atoms with van der Waals surface area (Å²) in [5.41, 5.74) is 0. The van der Waals surface area contributed by atoms with E-state index >= 15 is 0 Å². The Bertz CT molecular complexity index is 273. The molecule has 0 aromatic heterocycles. The lowest BCUT2D eigenvalue weighted by atomic mass is 9.95. The minimum absolute atomic E-state index is 0.00629. The van der Waals surface area contributed by atoms with Crippen LogP contribution in [0.2, 0.25) is 0 Å². The summed E-state index contributed by atoms with van der Waals surface area (Å²) in [7, 11) is 0. The lowest BCUT2D eigenvalue weighted by Gasteiger charge is -2.25. The molecule has 0 aromatic rings. The van der Waals surface area contributed by atoms with Gasteiger partial charge >= 0.3 is 0 Å². The number of carbonyl (C=O) groups is 2. The van der Waals surface area contributed by atoms with Crippen molar-refractivity contribution in [2.45, 2.75) is 64.8 Å². The minimum atomic E-state index is -0.0118. The summed E-state index contributed by atoms with van der Waals surface area (Å²) in [6.45, 7) is 4.51. The maximum Gasteiger partial charge on any atom is 0.239 e. The predicted molar refractivity (Wildman–Crippen MR) is 72.2 cm³/mol. The molecule has 0 radical (unpaired) electrons. The first-order chi connectivity index (χ1) is 8.63. The molecular weight excluding hydrogens is 228 g/mol. The summed E-state index contributed by atoms with van der Waals surface area (Å²) in [5, 5.41) is 3.05. The normalized spacial score (nSPS) is 16.3. The summed E-state index contributed by atoms with van der Waals surface area (Å²) in [5.74, 6) is -0.0181. The van der Waals surface area contributed by atoms with E-state index in [0.29, 0.717) is 12.6 Å². The highest BCUT2D eigenvalue weighted by atomic mass is 16.2. The van der Waals surface area contributed by atoms with Crippen LogP contribution in [0.3, 0.4) is 0 Å². The van der Waals surface area contributed by atoms with Crippen molar-refractivity contribution in [2.24, 2.45) is 0 Å². The second-order valence-corrected chi connectivity index (χ2v) is 5.20. The van der Waals surface area contributed by atoms with Gasteiger partial charge in [-0.25, -0.2) is 0 Å². The molecule has 4 nitrogen and oxygen atoms in total. The lowest BCUT2D eigenvalue weighted by molar-refractivity contribution is -0.134. The fraction of sp³-hybridized carbons (Fsp3) is 0.857. The van der Waals surface area contributed by atoms with Crippen LogP contribution in [0.15, 0.2) is 0 Å². The van der Waals surface area contributed by atoms with Crippen LogP contribution < -0.4 is 5.32 Å². The first-order valence-electron chi connectivity index (χ1n) is 7.18. The van der Waals surface area contributed by atoms with Gasteiger partial charge in [0.05, 0.1) is 6.54 Å². The second kappa shape index (κ2) is 8.11. The van der Waals surface area contributed by atoms with E-state index < -0.39 is 0 Å². The quantitative estimate of drug-likeness (QED) is 0.789. The standard InChI is InChI=1S/C14H26N2O2/c1-3-4-10-16(12(2)17)11-14(18)15-13-8-6-5-7-9-13/h13H,3-11H2,1-2H3,(H,15,18). The number of rotatable bonds is 6. The predicted octanol–water partition coefficient (Wildman–Crippen LogP) is 2.08. The van der Waals surface area contributed by atoms with Crippen LogP contribution in [0.5, 0.6) is 0 Å². The third-order valence-electron chi connectivity index (χ3n) is 3.53. The molecule has 1 fully saturated rings. The van der Waals surface area contributed by atoms with Gasteiger partial charge in [-0.05, 0) is 19.3 Å². The van der Waals surface area contributed by atoms with E-state index in [1.807, 2.05) is 0 Å². The van der Waals surface area contributed by atoms with E-state index in [1.165, 1.54) is 26.2 Å². The number of carbonyl (C=O) groups excluding carboxylic acids is 2. The molecule has 0 heterocycles. The van der Waals surface area contributed by atoms with Crippen molar-refractivity contribution < 1.29 is 9.59 Å². The third-order valence-corrected chi connectivity index (χ3v) is 3.53. The van der Waals surface area contributed by atoms with E-state index in [4.69, 9.17) is 0 Å². The van der Waals surface area contributed by atoms with Crippen molar-refractivity contribution >= 4 is 11.8 Å². The summed E-state index contributed by atoms with van der Waals surface area (Å²) < 4.78 is 0. The molecule has 0 bridgehead atoms. The largest absolute Gasteiger partial charge is 0.352 e. The van der Waals surface area contributed by atoms with Gasteiger partial charge in [-0.1, -0.05) is 32.6 Å². The van der Waals surface area contributed by atoms with E-state index in [1.54, 1.807) is 4.90 Å². The van der Waals surface area contributed by atoms with E-state index in [9.17, 15) is 9.59 Å². The van der Waals surface area contributed by atoms with E-state index in [-0.39, 0.29) is 18.4 Å². The van der Waals surface area contributed by atoms with Crippen LogP contribution in [0, 0.1) is 0 Å². The number of nitrogens with one attached hydrogen (secondary N) is 1. The van der Waals surface area contributed by atoms with Crippen LogP contribution in [-0.2, 0) is 9.59 Å². The zero-order valence-corrected chi connectivity index (χ0v) is 11.7. The monoisotopic (exact) mass is 254 g/mol. The molecule has 0 spiro atoms. The van der Waals surface area contributed by atoms with Gasteiger partial charge in [0.25, 0.3) is 0 Å². The number of nitrogens with zero attached hydrogens (tertiary/aromatic N) is 1. The molecular formula is C14H26N2O2. The first kappa shape index (κ1) is 15.0. The molecule has 2 amide bonds. The Morgan fingerprint density at radius 2 is 1.89 bits per heavy atom. The summed E-state index contributed by atoms with van der Waals surface area (Å²) in [4.78, 5) is 24.9. The molecule has 1 saturated carbocycles. The molecule has 0 aromatic carbocycles. The zero-order valence-electron chi connectivity index (χ0n) is 11.7. The number of hydrogen-bond donors (Lipinski definition) is 1. The minimum Gasteiger partial charge on any atom is -0.352 e. The van der Waals surface area contributed by atoms with Crippen LogP contribution >= 0.6 is 0 Å². The molecule has 0 unspecified atom stereocenters. The molecule has 104 valence electrons. The Balaban J connectivity index is 2.32. The first-order valence-corrected chi connectivity index (χ1v) is 7.18. The molecule has 0 aliphatic heterocycles. The van der Waals surface area contributed by atoms with Gasteiger partial charge in [-0.2, -0.15) is 0 Å². The average Bonchev–Trinajstić information content (AvgIpc) is 2.35. The molecule has 1 N–H and O–H groups in total. The van der Waals surface area contributed by atoms with Crippen LogP contribution in [0.1, 0.15) is 58.8 Å². The highest BCUT2D eigenvalue weighted by Gasteiger charge is 2.18. The topological polar surface area (TPSA) is 49.4 Å². The summed E-state index contributed by atoms with van der Waals surface area (Å²) in [6.07, 6.45) is 7.85. The van der Waals surface area contributed by atoms with E-state index in [0.717, 1.165) is 25.7 Å². The maximum atomic E-state index is 11.9. The van der Waals surface area contributed by atoms with Crippen LogP contribution in [0.4, 0.5) is 0 Å². The van der Waals surface area contributed by atoms with Crippen molar-refractivity contribution in [1.29, 1.82) is 0 Å². The highest BCUT2D eigenvalue weighted by molar-refractivity contribution is 5.83. The molecule has 0 saturated heterocycles. The Kier molecular flexibility index (Phi) is 6.76. The van der Waals surface area contributed by atoms with Gasteiger partial charge < -0.3 is 10.2 Å². The smallest absolute Gasteiger partial charge is 0.239 e. The fourth-order valence-electron chi connectivity index (χ4n) is 2.39. The van der Waals surface area contributed by atoms with Crippen LogP contribution in [0.25, 0.3) is 0 Å². The summed E-state index contributed by atoms with van der Waals surface area (Å²) in [6, 6.07) is 0.325. The fourth-order valence-corrected chi connectivity index (χ4v) is 2.39. The Labute approximate surface area is 110 Å². The van der Waals surface area contributed by atoms with Crippen molar-refractivity contribution in [3.63, 3.8) is 0 Å². The molecule has 4 heteroatoms. The zero-order chi connectivity index (χ0) is 13.4. The number of unbranched alkanes of at least 4 members (excludes halogenated alkanes) is 1. The van der Waals surface area contributed by atoms with Gasteiger partial charge in [0.15, 0.2) is 0 Å². The Morgan fingerprint density at radius 1 is 1.22 bits per heavy atom. The van der Waals surface area contributed by atoms with Gasteiger partial charge in [0.2, 0.25) is 11.8 Å². The van der Waals surface area contributed by atoms with Crippen molar-refractivity contribution in [2.75, 3.05) is 13.1 Å². The number of hydrogen-bond acceptors (Lipinski definition) is 2. The van der Waals surface area contributed by atoms with Crippen molar-refractivity contribution in [1.82, 2.24) is 10.2 Å². The van der Waals surface area contributed by atoms with Gasteiger partial charge in [-0.15, -0.1) is 0 Å².